The maximum absolute atomic E-state index is 12.9. The molecule has 30 heavy (non-hydrogen) atoms. The lowest BCUT2D eigenvalue weighted by molar-refractivity contribution is -0.385. The number of anilines is 1. The molecule has 8 heteroatoms. The van der Waals surface area contributed by atoms with Crippen LogP contribution in [0.5, 0.6) is 5.75 Å². The molecule has 0 bridgehead atoms. The van der Waals surface area contributed by atoms with Crippen molar-refractivity contribution in [2.24, 2.45) is 0 Å². The summed E-state index contributed by atoms with van der Waals surface area (Å²) in [5.41, 5.74) is 1.88. The number of methoxy groups -OCH3 is 1. The highest BCUT2D eigenvalue weighted by molar-refractivity contribution is 5.98. The van der Waals surface area contributed by atoms with Gasteiger partial charge in [-0.05, 0) is 30.7 Å². The number of carbonyl (C=O) groups excluding carboxylic acids is 1. The molecule has 1 saturated heterocycles. The molecule has 1 aliphatic heterocycles. The zero-order valence-corrected chi connectivity index (χ0v) is 16.9. The number of para-hydroxylation sites is 2. The van der Waals surface area contributed by atoms with Crippen LogP contribution >= 0.6 is 0 Å². The highest BCUT2D eigenvalue weighted by Crippen LogP contribution is 2.30. The fourth-order valence-electron chi connectivity index (χ4n) is 3.82. The van der Waals surface area contributed by atoms with Crippen molar-refractivity contribution in [3.8, 4) is 5.75 Å². The van der Waals surface area contributed by atoms with Gasteiger partial charge < -0.3 is 14.5 Å². The van der Waals surface area contributed by atoms with E-state index in [1.807, 2.05) is 31.2 Å². The summed E-state index contributed by atoms with van der Waals surface area (Å²) in [4.78, 5) is 32.2. The number of nitro groups is 1. The predicted molar refractivity (Wildman–Crippen MR) is 114 cm³/mol. The van der Waals surface area contributed by atoms with E-state index < -0.39 is 4.92 Å². The lowest BCUT2D eigenvalue weighted by Crippen LogP contribution is -2.49. The zero-order valence-electron chi connectivity index (χ0n) is 16.9. The maximum Gasteiger partial charge on any atom is 0.282 e. The van der Waals surface area contributed by atoms with Gasteiger partial charge in [-0.2, -0.15) is 0 Å². The van der Waals surface area contributed by atoms with Gasteiger partial charge in [-0.25, -0.2) is 4.98 Å². The second kappa shape index (κ2) is 7.98. The molecular weight excluding hydrogens is 384 g/mol. The fraction of sp³-hybridized carbons (Fsp3) is 0.273. The van der Waals surface area contributed by atoms with Gasteiger partial charge >= 0.3 is 0 Å². The summed E-state index contributed by atoms with van der Waals surface area (Å²) < 4.78 is 5.46. The van der Waals surface area contributed by atoms with Crippen LogP contribution < -0.4 is 9.64 Å². The second-order valence-corrected chi connectivity index (χ2v) is 7.21. The minimum atomic E-state index is -0.515. The molecular formula is C22H22N4O4. The predicted octanol–water partition coefficient (Wildman–Crippen LogP) is 3.42. The first-order chi connectivity index (χ1) is 14.5. The molecule has 1 aromatic heterocycles. The van der Waals surface area contributed by atoms with Gasteiger partial charge in [0.05, 0.1) is 12.0 Å². The number of hydrogen-bond acceptors (Lipinski definition) is 6. The summed E-state index contributed by atoms with van der Waals surface area (Å²) in [6, 6.07) is 14.0. The molecule has 0 aliphatic carbocycles. The quantitative estimate of drug-likeness (QED) is 0.487. The number of amides is 1. The molecule has 0 saturated carbocycles. The topological polar surface area (TPSA) is 88.8 Å². The molecule has 0 radical (unpaired) electrons. The van der Waals surface area contributed by atoms with Crippen LogP contribution in [0.2, 0.25) is 0 Å². The van der Waals surface area contributed by atoms with E-state index in [4.69, 9.17) is 9.72 Å². The lowest BCUT2D eigenvalue weighted by Gasteiger charge is -2.35. The monoisotopic (exact) mass is 406 g/mol. The van der Waals surface area contributed by atoms with Crippen molar-refractivity contribution in [2.75, 3.05) is 38.2 Å². The van der Waals surface area contributed by atoms with Crippen LogP contribution in [0.25, 0.3) is 10.9 Å². The number of hydrogen-bond donors (Lipinski definition) is 0. The Kier molecular flexibility index (Phi) is 5.22. The number of aryl methyl sites for hydroxylation is 1. The fourth-order valence-corrected chi connectivity index (χ4v) is 3.82. The minimum absolute atomic E-state index is 0.125. The molecule has 8 nitrogen and oxygen atoms in total. The van der Waals surface area contributed by atoms with E-state index in [0.717, 1.165) is 28.0 Å². The highest BCUT2D eigenvalue weighted by Gasteiger charge is 2.27. The van der Waals surface area contributed by atoms with E-state index in [0.29, 0.717) is 26.2 Å². The first kappa shape index (κ1) is 19.6. The van der Waals surface area contributed by atoms with Crippen molar-refractivity contribution in [1.29, 1.82) is 0 Å². The largest absolute Gasteiger partial charge is 0.494 e. The van der Waals surface area contributed by atoms with Crippen molar-refractivity contribution in [3.05, 3.63) is 69.8 Å². The summed E-state index contributed by atoms with van der Waals surface area (Å²) in [5.74, 6) is 1.25. The number of benzene rings is 2. The minimum Gasteiger partial charge on any atom is -0.494 e. The van der Waals surface area contributed by atoms with E-state index in [2.05, 4.69) is 4.90 Å². The number of rotatable bonds is 4. The standard InChI is InChI=1S/C22H22N4O4/c1-15-14-20(23-21-16(15)7-5-9-19(21)30-2)24-10-12-25(13-11-24)22(27)17-6-3-4-8-18(17)26(28)29/h3-9,14H,10-13H2,1-2H3. The normalized spacial score (nSPS) is 14.1. The summed E-state index contributed by atoms with van der Waals surface area (Å²) >= 11 is 0. The van der Waals surface area contributed by atoms with Gasteiger partial charge in [-0.3, -0.25) is 14.9 Å². The summed E-state index contributed by atoms with van der Waals surface area (Å²) in [5, 5.41) is 12.3. The Labute approximate surface area is 173 Å². The molecule has 0 atom stereocenters. The van der Waals surface area contributed by atoms with Gasteiger partial charge in [0.2, 0.25) is 0 Å². The zero-order chi connectivity index (χ0) is 21.3. The number of pyridine rings is 1. The summed E-state index contributed by atoms with van der Waals surface area (Å²) in [6.07, 6.45) is 0. The molecule has 4 rings (SSSR count). The van der Waals surface area contributed by atoms with Crippen molar-refractivity contribution >= 4 is 28.3 Å². The molecule has 0 spiro atoms. The number of nitro benzene ring substituents is 1. The van der Waals surface area contributed by atoms with E-state index in [1.165, 1.54) is 12.1 Å². The molecule has 0 N–H and O–H groups in total. The van der Waals surface area contributed by atoms with Gasteiger partial charge in [0.1, 0.15) is 22.6 Å². The summed E-state index contributed by atoms with van der Waals surface area (Å²) in [7, 11) is 1.63. The van der Waals surface area contributed by atoms with E-state index >= 15 is 0 Å². The van der Waals surface area contributed by atoms with Crippen molar-refractivity contribution < 1.29 is 14.5 Å². The van der Waals surface area contributed by atoms with Crippen molar-refractivity contribution in [1.82, 2.24) is 9.88 Å². The molecule has 2 aromatic carbocycles. The number of aromatic nitrogens is 1. The van der Waals surface area contributed by atoms with Gasteiger partial charge in [0.25, 0.3) is 11.6 Å². The number of carbonyl (C=O) groups is 1. The number of piperazine rings is 1. The van der Waals surface area contributed by atoms with Crippen LogP contribution in [0.15, 0.2) is 48.5 Å². The molecule has 1 aliphatic rings. The van der Waals surface area contributed by atoms with Crippen LogP contribution in [-0.4, -0.2) is 54.0 Å². The average Bonchev–Trinajstić information content (AvgIpc) is 2.78. The molecule has 2 heterocycles. The third-order valence-electron chi connectivity index (χ3n) is 5.44. The van der Waals surface area contributed by atoms with Crippen LogP contribution in [0, 0.1) is 17.0 Å². The summed E-state index contributed by atoms with van der Waals surface area (Å²) in [6.45, 7) is 4.17. The first-order valence-electron chi connectivity index (χ1n) is 9.71. The van der Waals surface area contributed by atoms with E-state index in [1.54, 1.807) is 24.1 Å². The number of nitrogens with zero attached hydrogens (tertiary/aromatic N) is 4. The average molecular weight is 406 g/mol. The molecule has 0 unspecified atom stereocenters. The highest BCUT2D eigenvalue weighted by atomic mass is 16.6. The van der Waals surface area contributed by atoms with Gasteiger partial charge in [-0.1, -0.05) is 24.3 Å². The molecule has 3 aromatic rings. The Hall–Kier alpha value is -3.68. The first-order valence-corrected chi connectivity index (χ1v) is 9.71. The van der Waals surface area contributed by atoms with E-state index in [9.17, 15) is 14.9 Å². The lowest BCUT2D eigenvalue weighted by atomic mass is 10.1. The van der Waals surface area contributed by atoms with Gasteiger partial charge in [0, 0.05) is 37.6 Å². The SMILES string of the molecule is COc1cccc2c(C)cc(N3CCN(C(=O)c4ccccc4[N+](=O)[O-])CC3)nc12. The number of fused-ring (bicyclic) bond motifs is 1. The smallest absolute Gasteiger partial charge is 0.282 e. The van der Waals surface area contributed by atoms with Gasteiger partial charge in [-0.15, -0.1) is 0 Å². The van der Waals surface area contributed by atoms with Crippen LogP contribution in [0.4, 0.5) is 11.5 Å². The van der Waals surface area contributed by atoms with Gasteiger partial charge in [0.15, 0.2) is 0 Å². The molecule has 154 valence electrons. The Morgan fingerprint density at radius 3 is 2.53 bits per heavy atom. The van der Waals surface area contributed by atoms with E-state index in [-0.39, 0.29) is 17.2 Å². The second-order valence-electron chi connectivity index (χ2n) is 7.21. The maximum atomic E-state index is 12.9. The third kappa shape index (κ3) is 3.52. The Morgan fingerprint density at radius 2 is 1.83 bits per heavy atom. The van der Waals surface area contributed by atoms with Crippen LogP contribution in [-0.2, 0) is 0 Å². The Balaban J connectivity index is 1.54. The number of ether oxygens (including phenoxy) is 1. The van der Waals surface area contributed by atoms with Crippen LogP contribution in [0.3, 0.4) is 0 Å². The Morgan fingerprint density at radius 1 is 1.10 bits per heavy atom. The third-order valence-corrected chi connectivity index (χ3v) is 5.44. The molecule has 1 amide bonds. The van der Waals surface area contributed by atoms with Crippen molar-refractivity contribution in [2.45, 2.75) is 6.92 Å². The van der Waals surface area contributed by atoms with Crippen LogP contribution in [0.1, 0.15) is 15.9 Å². The molecule has 1 fully saturated rings. The Bertz CT molecular complexity index is 1120. The van der Waals surface area contributed by atoms with Crippen molar-refractivity contribution in [3.63, 3.8) is 0 Å².